The highest BCUT2D eigenvalue weighted by molar-refractivity contribution is 7.83. The van der Waals surface area contributed by atoms with Crippen LogP contribution in [0.5, 0.6) is 5.75 Å². The Hall–Kier alpha value is -3.29. The fourth-order valence-corrected chi connectivity index (χ4v) is 4.90. The predicted octanol–water partition coefficient (Wildman–Crippen LogP) is 4.29. The lowest BCUT2D eigenvalue weighted by molar-refractivity contribution is 0.102. The molecular formula is C25H29F2N5O4S2. The molecule has 1 unspecified atom stereocenters. The molecule has 204 valence electrons. The zero-order chi connectivity index (χ0) is 27.7. The van der Waals surface area contributed by atoms with E-state index >= 15 is 0 Å². The number of halogens is 2. The number of anilines is 1. The number of nitrogens with one attached hydrogen (secondary N) is 1. The summed E-state index contributed by atoms with van der Waals surface area (Å²) in [4.78, 5) is 37.5. The van der Waals surface area contributed by atoms with Crippen molar-refractivity contribution in [3.05, 3.63) is 70.5 Å². The number of hydrogen-bond donors (Lipinski definition) is 1. The van der Waals surface area contributed by atoms with Crippen LogP contribution in [-0.4, -0.2) is 68.4 Å². The quantitative estimate of drug-likeness (QED) is 0.349. The third-order valence-corrected chi connectivity index (χ3v) is 7.00. The van der Waals surface area contributed by atoms with Gasteiger partial charge in [-0.1, -0.05) is 6.92 Å². The van der Waals surface area contributed by atoms with Crippen molar-refractivity contribution in [3.63, 3.8) is 0 Å². The summed E-state index contributed by atoms with van der Waals surface area (Å²) in [6.45, 7) is 6.24. The summed E-state index contributed by atoms with van der Waals surface area (Å²) < 4.78 is 45.4. The molecule has 1 N–H and O–H groups in total. The number of hydrogen-bond acceptors (Lipinski definition) is 8. The Balaban J connectivity index is 1.70. The van der Waals surface area contributed by atoms with E-state index < -0.39 is 45.7 Å². The van der Waals surface area contributed by atoms with Crippen molar-refractivity contribution in [1.29, 1.82) is 0 Å². The van der Waals surface area contributed by atoms with Crippen LogP contribution in [-0.2, 0) is 23.1 Å². The van der Waals surface area contributed by atoms with Crippen molar-refractivity contribution in [2.45, 2.75) is 26.1 Å². The molecule has 0 spiro atoms. The van der Waals surface area contributed by atoms with Crippen molar-refractivity contribution in [3.8, 4) is 5.75 Å². The minimum absolute atomic E-state index is 0.154. The topological polar surface area (TPSA) is 105 Å². The van der Waals surface area contributed by atoms with Gasteiger partial charge in [-0.05, 0) is 37.2 Å². The normalized spacial score (nSPS) is 11.8. The molecule has 13 heteroatoms. The predicted molar refractivity (Wildman–Crippen MR) is 143 cm³/mol. The van der Waals surface area contributed by atoms with E-state index in [4.69, 9.17) is 4.74 Å². The lowest BCUT2D eigenvalue weighted by atomic mass is 10.1. The third-order valence-electron chi connectivity index (χ3n) is 5.49. The lowest BCUT2D eigenvalue weighted by Gasteiger charge is -2.26. The highest BCUT2D eigenvalue weighted by Crippen LogP contribution is 2.27. The lowest BCUT2D eigenvalue weighted by Crippen LogP contribution is -2.40. The number of aromatic nitrogens is 2. The van der Waals surface area contributed by atoms with Gasteiger partial charge in [0.15, 0.2) is 16.7 Å². The van der Waals surface area contributed by atoms with E-state index in [1.54, 1.807) is 24.7 Å². The first kappa shape index (κ1) is 29.3. The number of carbonyl (C=O) groups excluding carboxylic acids is 2. The van der Waals surface area contributed by atoms with Gasteiger partial charge in [-0.25, -0.2) is 18.6 Å². The molecule has 0 bridgehead atoms. The Kier molecular flexibility index (Phi) is 10.8. The first-order chi connectivity index (χ1) is 18.2. The molecule has 2 aromatic heterocycles. The minimum atomic E-state index is -1.19. The maximum absolute atomic E-state index is 14.7. The summed E-state index contributed by atoms with van der Waals surface area (Å²) in [5.74, 6) is -3.57. The first-order valence-corrected chi connectivity index (χ1v) is 14.4. The second kappa shape index (κ2) is 14.0. The van der Waals surface area contributed by atoms with Crippen molar-refractivity contribution >= 4 is 39.3 Å². The molecule has 0 fully saturated rings. The van der Waals surface area contributed by atoms with Crippen LogP contribution < -0.4 is 10.1 Å². The fraction of sp³-hybridized carbons (Fsp3) is 0.360. The van der Waals surface area contributed by atoms with Crippen molar-refractivity contribution < 1.29 is 27.3 Å². The maximum atomic E-state index is 14.7. The molecule has 9 nitrogen and oxygen atoms in total. The molecule has 0 aliphatic rings. The van der Waals surface area contributed by atoms with Crippen LogP contribution in [0.2, 0.25) is 0 Å². The van der Waals surface area contributed by atoms with Crippen LogP contribution in [0, 0.1) is 11.6 Å². The van der Waals surface area contributed by atoms with Crippen LogP contribution >= 0.6 is 11.3 Å². The minimum Gasteiger partial charge on any atom is -0.406 e. The number of carbonyl (C=O) groups is 2. The average Bonchev–Trinajstić information content (AvgIpc) is 3.31. The van der Waals surface area contributed by atoms with E-state index in [9.17, 15) is 22.6 Å². The van der Waals surface area contributed by atoms with Crippen molar-refractivity contribution in [2.75, 3.05) is 37.8 Å². The summed E-state index contributed by atoms with van der Waals surface area (Å²) in [6.07, 6.45) is 4.08. The Labute approximate surface area is 226 Å². The summed E-state index contributed by atoms with van der Waals surface area (Å²) in [5.41, 5.74) is 1.09. The zero-order valence-corrected chi connectivity index (χ0v) is 22.9. The summed E-state index contributed by atoms with van der Waals surface area (Å²) in [5, 5.41) is 4.23. The highest BCUT2D eigenvalue weighted by Gasteiger charge is 2.25. The largest absolute Gasteiger partial charge is 0.415 e. The van der Waals surface area contributed by atoms with E-state index in [0.717, 1.165) is 29.5 Å². The van der Waals surface area contributed by atoms with Gasteiger partial charge in [0, 0.05) is 67.1 Å². The SMILES string of the molecule is CCN(CCN(CC)C(=O)Oc1c(F)cc(F)cc1C(=O)Nc1nc(CS(C)=O)cs1)Cc1ccncc1. The molecule has 0 aliphatic carbocycles. The molecule has 0 radical (unpaired) electrons. The molecule has 3 rings (SSSR count). The Morgan fingerprint density at radius 1 is 1.13 bits per heavy atom. The second-order valence-corrected chi connectivity index (χ2v) is 10.5. The maximum Gasteiger partial charge on any atom is 0.415 e. The van der Waals surface area contributed by atoms with Gasteiger partial charge in [-0.2, -0.15) is 0 Å². The fourth-order valence-electron chi connectivity index (χ4n) is 3.52. The molecule has 0 saturated heterocycles. The van der Waals surface area contributed by atoms with Crippen LogP contribution in [0.15, 0.2) is 42.0 Å². The molecule has 2 heterocycles. The smallest absolute Gasteiger partial charge is 0.406 e. The van der Waals surface area contributed by atoms with E-state index in [-0.39, 0.29) is 17.4 Å². The molecule has 2 amide bonds. The van der Waals surface area contributed by atoms with Gasteiger partial charge in [-0.15, -0.1) is 11.3 Å². The number of thiazole rings is 1. The van der Waals surface area contributed by atoms with E-state index in [1.165, 1.54) is 11.2 Å². The van der Waals surface area contributed by atoms with Crippen molar-refractivity contribution in [1.82, 2.24) is 19.8 Å². The molecule has 1 atom stereocenters. The number of benzene rings is 1. The van der Waals surface area contributed by atoms with E-state index in [1.807, 2.05) is 19.1 Å². The van der Waals surface area contributed by atoms with Gasteiger partial charge in [-0.3, -0.25) is 24.2 Å². The Bertz CT molecular complexity index is 1280. The first-order valence-electron chi connectivity index (χ1n) is 11.8. The third kappa shape index (κ3) is 8.36. The van der Waals surface area contributed by atoms with E-state index in [0.29, 0.717) is 31.4 Å². The summed E-state index contributed by atoms with van der Waals surface area (Å²) >= 11 is 1.07. The van der Waals surface area contributed by atoms with Gasteiger partial charge < -0.3 is 9.64 Å². The Morgan fingerprint density at radius 3 is 2.53 bits per heavy atom. The number of pyridine rings is 1. The molecule has 3 aromatic rings. The molecule has 0 aliphatic heterocycles. The van der Waals surface area contributed by atoms with Crippen LogP contribution in [0.3, 0.4) is 0 Å². The van der Waals surface area contributed by atoms with Crippen LogP contribution in [0.1, 0.15) is 35.5 Å². The number of ether oxygens (including phenoxy) is 1. The second-order valence-electron chi connectivity index (χ2n) is 8.25. The molecule has 1 aromatic carbocycles. The van der Waals surface area contributed by atoms with Gasteiger partial charge in [0.25, 0.3) is 5.91 Å². The number of rotatable bonds is 12. The number of likely N-dealkylation sites (N-methyl/N-ethyl adjacent to an activating group) is 2. The van der Waals surface area contributed by atoms with Gasteiger partial charge in [0.05, 0.1) is 17.0 Å². The molecule has 0 saturated carbocycles. The Morgan fingerprint density at radius 2 is 1.87 bits per heavy atom. The van der Waals surface area contributed by atoms with Crippen LogP contribution in [0.25, 0.3) is 0 Å². The van der Waals surface area contributed by atoms with Crippen molar-refractivity contribution in [2.24, 2.45) is 0 Å². The monoisotopic (exact) mass is 565 g/mol. The van der Waals surface area contributed by atoms with Gasteiger partial charge >= 0.3 is 6.09 Å². The van der Waals surface area contributed by atoms with Gasteiger partial charge in [0.2, 0.25) is 0 Å². The van der Waals surface area contributed by atoms with Crippen LogP contribution in [0.4, 0.5) is 18.7 Å². The standard InChI is InChI=1S/C25H29F2N5O4S2/c1-4-31(14-17-6-8-28-9-7-17)10-11-32(5-2)25(34)36-22-20(12-18(26)13-21(22)27)23(33)30-24-29-19(15-37-24)16-38(3)35/h6-9,12-13,15H,4-5,10-11,14,16H2,1-3H3,(H,29,30,33). The van der Waals surface area contributed by atoms with Gasteiger partial charge in [0.1, 0.15) is 5.82 Å². The average molecular weight is 566 g/mol. The number of amides is 2. The molecule has 38 heavy (non-hydrogen) atoms. The summed E-state index contributed by atoms with van der Waals surface area (Å²) in [7, 11) is -1.13. The summed E-state index contributed by atoms with van der Waals surface area (Å²) in [6, 6.07) is 5.16. The zero-order valence-electron chi connectivity index (χ0n) is 21.3. The highest BCUT2D eigenvalue weighted by atomic mass is 32.2. The number of nitrogens with zero attached hydrogens (tertiary/aromatic N) is 4. The molecular weight excluding hydrogens is 536 g/mol. The van der Waals surface area contributed by atoms with E-state index in [2.05, 4.69) is 20.2 Å².